The van der Waals surface area contributed by atoms with Gasteiger partial charge in [0.05, 0.1) is 0 Å². The van der Waals surface area contributed by atoms with Crippen molar-refractivity contribution < 1.29 is 4.39 Å². The van der Waals surface area contributed by atoms with Crippen LogP contribution < -0.4 is 0 Å². The number of aromatic nitrogens is 1. The second-order valence-corrected chi connectivity index (χ2v) is 6.00. The molecule has 2 heterocycles. The SMILES string of the molecule is Fc1ccc(CN2CCC[C@H](c3ccncc3)C2)c(Cl)c1. The Morgan fingerprint density at radius 2 is 2.05 bits per heavy atom. The van der Waals surface area contributed by atoms with Gasteiger partial charge in [0.25, 0.3) is 0 Å². The predicted octanol–water partition coefficient (Wildman–Crippen LogP) is 4.25. The van der Waals surface area contributed by atoms with E-state index < -0.39 is 0 Å². The minimum absolute atomic E-state index is 0.281. The number of rotatable bonds is 3. The van der Waals surface area contributed by atoms with E-state index in [-0.39, 0.29) is 5.82 Å². The molecular formula is C17H18ClFN2. The van der Waals surface area contributed by atoms with Gasteiger partial charge in [0, 0.05) is 30.5 Å². The normalized spacial score (nSPS) is 19.6. The van der Waals surface area contributed by atoms with Crippen molar-refractivity contribution >= 4 is 11.6 Å². The molecule has 1 aliphatic rings. The van der Waals surface area contributed by atoms with Crippen LogP contribution in [0.1, 0.15) is 29.9 Å². The van der Waals surface area contributed by atoms with Crippen LogP contribution in [0.2, 0.25) is 5.02 Å². The van der Waals surface area contributed by atoms with Gasteiger partial charge in [0.1, 0.15) is 5.82 Å². The average molecular weight is 305 g/mol. The van der Waals surface area contributed by atoms with Crippen LogP contribution in [-0.2, 0) is 6.54 Å². The monoisotopic (exact) mass is 304 g/mol. The van der Waals surface area contributed by atoms with Gasteiger partial charge in [-0.05, 0) is 60.7 Å². The number of hydrogen-bond donors (Lipinski definition) is 0. The van der Waals surface area contributed by atoms with Gasteiger partial charge < -0.3 is 0 Å². The third-order valence-electron chi connectivity index (χ3n) is 4.09. The Morgan fingerprint density at radius 1 is 1.24 bits per heavy atom. The zero-order chi connectivity index (χ0) is 14.7. The zero-order valence-corrected chi connectivity index (χ0v) is 12.6. The highest BCUT2D eigenvalue weighted by Crippen LogP contribution is 2.28. The van der Waals surface area contributed by atoms with Crippen molar-refractivity contribution in [1.82, 2.24) is 9.88 Å². The van der Waals surface area contributed by atoms with Crippen LogP contribution in [0.15, 0.2) is 42.7 Å². The molecular weight excluding hydrogens is 287 g/mol. The predicted molar refractivity (Wildman–Crippen MR) is 82.9 cm³/mol. The molecule has 4 heteroatoms. The summed E-state index contributed by atoms with van der Waals surface area (Å²) in [6.45, 7) is 2.85. The lowest BCUT2D eigenvalue weighted by Crippen LogP contribution is -2.34. The van der Waals surface area contributed by atoms with Gasteiger partial charge >= 0.3 is 0 Å². The summed E-state index contributed by atoms with van der Waals surface area (Å²) in [6.07, 6.45) is 6.08. The fourth-order valence-corrected chi connectivity index (χ4v) is 3.22. The van der Waals surface area contributed by atoms with E-state index in [9.17, 15) is 4.39 Å². The molecule has 1 saturated heterocycles. The molecule has 0 amide bonds. The van der Waals surface area contributed by atoms with Crippen molar-refractivity contribution in [3.8, 4) is 0 Å². The minimum Gasteiger partial charge on any atom is -0.298 e. The van der Waals surface area contributed by atoms with Gasteiger partial charge in [-0.2, -0.15) is 0 Å². The summed E-state index contributed by atoms with van der Waals surface area (Å²) in [5.41, 5.74) is 2.34. The maximum Gasteiger partial charge on any atom is 0.124 e. The molecule has 1 aliphatic heterocycles. The minimum atomic E-state index is -0.281. The summed E-state index contributed by atoms with van der Waals surface area (Å²) in [5.74, 6) is 0.262. The first-order valence-corrected chi connectivity index (χ1v) is 7.66. The number of piperidine rings is 1. The van der Waals surface area contributed by atoms with Gasteiger partial charge in [-0.3, -0.25) is 9.88 Å². The number of pyridine rings is 1. The summed E-state index contributed by atoms with van der Waals surface area (Å²) in [6, 6.07) is 8.85. The smallest absolute Gasteiger partial charge is 0.124 e. The average Bonchev–Trinajstić information content (AvgIpc) is 2.51. The summed E-state index contributed by atoms with van der Waals surface area (Å²) in [5, 5.41) is 0.515. The Kier molecular flexibility index (Phi) is 4.51. The summed E-state index contributed by atoms with van der Waals surface area (Å²) in [4.78, 5) is 6.48. The fraction of sp³-hybridized carbons (Fsp3) is 0.353. The topological polar surface area (TPSA) is 16.1 Å². The van der Waals surface area contributed by atoms with Crippen molar-refractivity contribution in [2.75, 3.05) is 13.1 Å². The van der Waals surface area contributed by atoms with Gasteiger partial charge in [0.2, 0.25) is 0 Å². The van der Waals surface area contributed by atoms with Gasteiger partial charge in [-0.15, -0.1) is 0 Å². The standard InChI is InChI=1S/C17H18ClFN2/c18-17-10-16(19)4-3-15(17)12-21-9-1-2-14(11-21)13-5-7-20-8-6-13/h3-8,10,14H,1-2,9,11-12H2/t14-/m0/s1. The van der Waals surface area contributed by atoms with Crippen LogP contribution in [0.4, 0.5) is 4.39 Å². The van der Waals surface area contributed by atoms with Crippen LogP contribution in [0.3, 0.4) is 0 Å². The molecule has 0 bridgehead atoms. The molecule has 1 fully saturated rings. The largest absolute Gasteiger partial charge is 0.298 e. The van der Waals surface area contributed by atoms with Crippen molar-refractivity contribution in [3.63, 3.8) is 0 Å². The molecule has 0 saturated carbocycles. The third-order valence-corrected chi connectivity index (χ3v) is 4.44. The van der Waals surface area contributed by atoms with Gasteiger partial charge in [0.15, 0.2) is 0 Å². The highest BCUT2D eigenvalue weighted by Gasteiger charge is 2.21. The van der Waals surface area contributed by atoms with Crippen molar-refractivity contribution in [1.29, 1.82) is 0 Å². The van der Waals surface area contributed by atoms with Crippen LogP contribution in [-0.4, -0.2) is 23.0 Å². The van der Waals surface area contributed by atoms with Gasteiger partial charge in [-0.25, -0.2) is 4.39 Å². The summed E-state index contributed by atoms with van der Waals surface area (Å²) >= 11 is 6.13. The second-order valence-electron chi connectivity index (χ2n) is 5.59. The van der Waals surface area contributed by atoms with E-state index in [1.165, 1.54) is 30.5 Å². The number of likely N-dealkylation sites (tertiary alicyclic amines) is 1. The number of nitrogens with zero attached hydrogens (tertiary/aromatic N) is 2. The van der Waals surface area contributed by atoms with Crippen LogP contribution in [0.5, 0.6) is 0 Å². The molecule has 1 aromatic carbocycles. The Hall–Kier alpha value is -1.45. The number of benzene rings is 1. The first-order valence-electron chi connectivity index (χ1n) is 7.28. The highest BCUT2D eigenvalue weighted by atomic mass is 35.5. The molecule has 21 heavy (non-hydrogen) atoms. The lowest BCUT2D eigenvalue weighted by Gasteiger charge is -2.33. The Morgan fingerprint density at radius 3 is 2.81 bits per heavy atom. The number of hydrogen-bond acceptors (Lipinski definition) is 2. The van der Waals surface area contributed by atoms with Crippen molar-refractivity contribution in [2.45, 2.75) is 25.3 Å². The fourth-order valence-electron chi connectivity index (χ4n) is 3.00. The molecule has 0 N–H and O–H groups in total. The molecule has 2 nitrogen and oxygen atoms in total. The second kappa shape index (κ2) is 6.54. The van der Waals surface area contributed by atoms with E-state index in [0.29, 0.717) is 10.9 Å². The molecule has 0 radical (unpaired) electrons. The van der Waals surface area contributed by atoms with Crippen molar-refractivity contribution in [3.05, 3.63) is 64.7 Å². The van der Waals surface area contributed by atoms with E-state index in [2.05, 4.69) is 22.0 Å². The third kappa shape index (κ3) is 3.60. The van der Waals surface area contributed by atoms with E-state index in [1.807, 2.05) is 12.4 Å². The Labute approximate surface area is 129 Å². The Bertz CT molecular complexity index is 603. The molecule has 0 aliphatic carbocycles. The lowest BCUT2D eigenvalue weighted by molar-refractivity contribution is 0.200. The molecule has 2 aromatic rings. The van der Waals surface area contributed by atoms with Gasteiger partial charge in [-0.1, -0.05) is 17.7 Å². The first kappa shape index (κ1) is 14.5. The first-order chi connectivity index (χ1) is 10.2. The van der Waals surface area contributed by atoms with Crippen LogP contribution >= 0.6 is 11.6 Å². The van der Waals surface area contributed by atoms with Crippen LogP contribution in [0, 0.1) is 5.82 Å². The quantitative estimate of drug-likeness (QED) is 0.842. The van der Waals surface area contributed by atoms with E-state index in [4.69, 9.17) is 11.6 Å². The lowest BCUT2D eigenvalue weighted by atomic mass is 9.91. The van der Waals surface area contributed by atoms with E-state index in [0.717, 1.165) is 25.2 Å². The zero-order valence-electron chi connectivity index (χ0n) is 11.8. The summed E-state index contributed by atoms with van der Waals surface area (Å²) in [7, 11) is 0. The Balaban J connectivity index is 1.69. The van der Waals surface area contributed by atoms with E-state index in [1.54, 1.807) is 6.07 Å². The maximum atomic E-state index is 13.1. The molecule has 1 atom stereocenters. The van der Waals surface area contributed by atoms with E-state index >= 15 is 0 Å². The molecule has 0 spiro atoms. The number of halogens is 2. The molecule has 1 aromatic heterocycles. The van der Waals surface area contributed by atoms with Crippen LogP contribution in [0.25, 0.3) is 0 Å². The molecule has 110 valence electrons. The molecule has 0 unspecified atom stereocenters. The maximum absolute atomic E-state index is 13.1. The highest BCUT2D eigenvalue weighted by molar-refractivity contribution is 6.31. The summed E-state index contributed by atoms with van der Waals surface area (Å²) < 4.78 is 13.1. The molecule has 3 rings (SSSR count). The van der Waals surface area contributed by atoms with Crippen molar-refractivity contribution in [2.24, 2.45) is 0 Å².